The van der Waals surface area contributed by atoms with E-state index in [4.69, 9.17) is 14.2 Å². The fraction of sp³-hybridized carbons (Fsp3) is 0.613. The first-order valence-electron chi connectivity index (χ1n) is 13.5. The van der Waals surface area contributed by atoms with Crippen LogP contribution in [0.25, 0.3) is 0 Å². The fourth-order valence-electron chi connectivity index (χ4n) is 8.24. The Bertz CT molecular complexity index is 1210. The number of hydrogen-bond acceptors (Lipinski definition) is 6. The molecule has 0 unspecified atom stereocenters. The zero-order valence-electron chi connectivity index (χ0n) is 22.6. The molecule has 2 saturated carbocycles. The van der Waals surface area contributed by atoms with Gasteiger partial charge in [-0.3, -0.25) is 9.59 Å². The third-order valence-electron chi connectivity index (χ3n) is 10.1. The first-order valence-corrected chi connectivity index (χ1v) is 13.5. The van der Waals surface area contributed by atoms with Gasteiger partial charge in [0.25, 0.3) is 0 Å². The van der Waals surface area contributed by atoms with Crippen molar-refractivity contribution in [1.29, 1.82) is 0 Å². The topological polar surface area (TPSA) is 82.1 Å². The van der Waals surface area contributed by atoms with Gasteiger partial charge in [-0.1, -0.05) is 63.3 Å². The molecule has 6 nitrogen and oxygen atoms in total. The maximum absolute atomic E-state index is 14.7. The van der Waals surface area contributed by atoms with E-state index in [9.17, 15) is 14.7 Å². The molecule has 3 fully saturated rings. The van der Waals surface area contributed by atoms with Crippen molar-refractivity contribution in [3.05, 3.63) is 59.2 Å². The number of ketones is 1. The minimum Gasteiger partial charge on any atom is -0.454 e. The van der Waals surface area contributed by atoms with Gasteiger partial charge in [0, 0.05) is 5.92 Å². The molecule has 1 aromatic carbocycles. The second kappa shape index (κ2) is 7.87. The summed E-state index contributed by atoms with van der Waals surface area (Å²) in [5.74, 6) is -1.28. The van der Waals surface area contributed by atoms with Crippen LogP contribution in [-0.2, 0) is 30.2 Å². The van der Waals surface area contributed by atoms with Crippen LogP contribution < -0.4 is 0 Å². The van der Waals surface area contributed by atoms with Crippen molar-refractivity contribution in [2.24, 2.45) is 34.5 Å². The average Bonchev–Trinajstić information content (AvgIpc) is 3.32. The molecule has 0 aromatic heterocycles. The van der Waals surface area contributed by atoms with E-state index in [0.29, 0.717) is 11.5 Å². The van der Waals surface area contributed by atoms with Gasteiger partial charge in [-0.05, 0) is 67.1 Å². The minimum absolute atomic E-state index is 0.0184. The summed E-state index contributed by atoms with van der Waals surface area (Å²) in [6.07, 6.45) is 3.02. The van der Waals surface area contributed by atoms with Crippen LogP contribution in [0.5, 0.6) is 0 Å². The number of esters is 1. The normalized spacial score (nSPS) is 42.7. The molecule has 198 valence electrons. The van der Waals surface area contributed by atoms with Crippen LogP contribution in [0.3, 0.4) is 0 Å². The fourth-order valence-corrected chi connectivity index (χ4v) is 8.24. The molecule has 1 saturated heterocycles. The third-order valence-corrected chi connectivity index (χ3v) is 10.1. The number of allylic oxidation sites excluding steroid dienone is 1. The van der Waals surface area contributed by atoms with Gasteiger partial charge in [-0.25, -0.2) is 0 Å². The summed E-state index contributed by atoms with van der Waals surface area (Å²) in [6.45, 7) is 12.3. The molecule has 5 aliphatic rings. The summed E-state index contributed by atoms with van der Waals surface area (Å²) >= 11 is 0. The lowest BCUT2D eigenvalue weighted by Crippen LogP contribution is -2.68. The van der Waals surface area contributed by atoms with Gasteiger partial charge in [0.05, 0.1) is 18.4 Å². The van der Waals surface area contributed by atoms with E-state index in [1.807, 2.05) is 63.3 Å². The van der Waals surface area contributed by atoms with E-state index in [-0.39, 0.29) is 42.0 Å². The Morgan fingerprint density at radius 2 is 1.86 bits per heavy atom. The predicted octanol–water partition coefficient (Wildman–Crippen LogP) is 4.41. The molecule has 8 atom stereocenters. The van der Waals surface area contributed by atoms with E-state index in [0.717, 1.165) is 17.6 Å². The van der Waals surface area contributed by atoms with Crippen LogP contribution in [0.15, 0.2) is 53.6 Å². The Balaban J connectivity index is 1.47. The summed E-state index contributed by atoms with van der Waals surface area (Å²) < 4.78 is 18.6. The number of benzene rings is 1. The van der Waals surface area contributed by atoms with E-state index >= 15 is 0 Å². The molecule has 0 amide bonds. The van der Waals surface area contributed by atoms with Crippen molar-refractivity contribution in [2.45, 2.75) is 78.0 Å². The number of hydrogen-bond donors (Lipinski definition) is 1. The molecule has 1 N–H and O–H groups in total. The van der Waals surface area contributed by atoms with E-state index in [1.165, 1.54) is 0 Å². The number of carbonyl (C=O) groups is 2. The molecular formula is C31H38O6. The molecule has 1 heterocycles. The van der Waals surface area contributed by atoms with E-state index in [2.05, 4.69) is 20.8 Å². The van der Waals surface area contributed by atoms with Crippen LogP contribution in [0.2, 0.25) is 0 Å². The molecule has 6 rings (SSSR count). The molecular weight excluding hydrogens is 468 g/mol. The van der Waals surface area contributed by atoms with Gasteiger partial charge in [0.1, 0.15) is 6.10 Å². The van der Waals surface area contributed by atoms with Crippen molar-refractivity contribution < 1.29 is 28.9 Å². The number of rotatable bonds is 3. The highest BCUT2D eigenvalue weighted by Gasteiger charge is 2.77. The largest absolute Gasteiger partial charge is 0.454 e. The predicted molar refractivity (Wildman–Crippen MR) is 137 cm³/mol. The quantitative estimate of drug-likeness (QED) is 0.483. The van der Waals surface area contributed by atoms with Gasteiger partial charge in [0.2, 0.25) is 0 Å². The Morgan fingerprint density at radius 3 is 2.57 bits per heavy atom. The number of carbonyl (C=O) groups excluding carboxylic acids is 2. The van der Waals surface area contributed by atoms with Crippen molar-refractivity contribution in [1.82, 2.24) is 0 Å². The van der Waals surface area contributed by atoms with Gasteiger partial charge in [0.15, 0.2) is 23.3 Å². The first kappa shape index (κ1) is 25.0. The Morgan fingerprint density at radius 1 is 1.16 bits per heavy atom. The standard InChI is InChI=1S/C31H38O6/c1-17-15-30-18(2)12-22-24(28(22,3)4)21(25(30)33)14-20-16-35-29(5,6)37-27(20)31(30,34)26(17)36-23(32)13-19-10-8-7-9-11-19/h7-11,14-15,18,21-22,24,26-27,34H,12-13,16H2,1-6H3/t18-,21+,22-,24+,26+,27-,30+,31-/m1/s1. The highest BCUT2D eigenvalue weighted by Crippen LogP contribution is 2.72. The van der Waals surface area contributed by atoms with Crippen LogP contribution in [0.1, 0.15) is 53.5 Å². The lowest BCUT2D eigenvalue weighted by molar-refractivity contribution is -0.304. The van der Waals surface area contributed by atoms with Crippen LogP contribution in [-0.4, -0.2) is 47.1 Å². The summed E-state index contributed by atoms with van der Waals surface area (Å²) in [5.41, 5.74) is -0.640. The van der Waals surface area contributed by atoms with Crippen LogP contribution in [0, 0.1) is 34.5 Å². The highest BCUT2D eigenvalue weighted by molar-refractivity contribution is 5.95. The third kappa shape index (κ3) is 3.34. The molecule has 2 bridgehead atoms. The second-order valence-corrected chi connectivity index (χ2v) is 13.0. The van der Waals surface area contributed by atoms with Crippen LogP contribution in [0.4, 0.5) is 0 Å². The molecule has 1 aliphatic heterocycles. The number of ether oxygens (including phenoxy) is 3. The molecule has 6 heteroatoms. The maximum atomic E-state index is 14.7. The lowest BCUT2D eigenvalue weighted by Gasteiger charge is -2.52. The van der Waals surface area contributed by atoms with Crippen molar-refractivity contribution in [3.8, 4) is 0 Å². The molecule has 1 spiro atoms. The summed E-state index contributed by atoms with van der Waals surface area (Å²) in [4.78, 5) is 27.9. The van der Waals surface area contributed by atoms with Gasteiger partial charge < -0.3 is 19.3 Å². The first-order chi connectivity index (χ1) is 17.3. The summed E-state index contributed by atoms with van der Waals surface area (Å²) in [7, 11) is 0. The van der Waals surface area contributed by atoms with Crippen molar-refractivity contribution in [2.75, 3.05) is 6.61 Å². The summed E-state index contributed by atoms with van der Waals surface area (Å²) in [5, 5.41) is 13.0. The number of Topliss-reactive ketones (excluding diaryl/α,β-unsaturated/α-hetero) is 1. The lowest BCUT2D eigenvalue weighted by atomic mass is 9.59. The monoisotopic (exact) mass is 506 g/mol. The smallest absolute Gasteiger partial charge is 0.310 e. The van der Waals surface area contributed by atoms with Gasteiger partial charge >= 0.3 is 5.97 Å². The van der Waals surface area contributed by atoms with Crippen LogP contribution >= 0.6 is 0 Å². The molecule has 37 heavy (non-hydrogen) atoms. The Labute approximate surface area is 219 Å². The Hall–Kier alpha value is -2.28. The zero-order chi connectivity index (χ0) is 26.5. The van der Waals surface area contributed by atoms with E-state index in [1.54, 1.807) is 0 Å². The number of fused-ring (bicyclic) bond motifs is 5. The summed E-state index contributed by atoms with van der Waals surface area (Å²) in [6, 6.07) is 9.41. The minimum atomic E-state index is -1.78. The number of aliphatic hydroxyl groups is 1. The molecule has 1 aromatic rings. The average molecular weight is 507 g/mol. The van der Waals surface area contributed by atoms with E-state index < -0.39 is 35.0 Å². The van der Waals surface area contributed by atoms with Gasteiger partial charge in [-0.2, -0.15) is 0 Å². The van der Waals surface area contributed by atoms with Crippen molar-refractivity contribution in [3.63, 3.8) is 0 Å². The highest BCUT2D eigenvalue weighted by atomic mass is 16.7. The SMILES string of the molecule is CC1=C[C@]23C(=O)[C@@H](C=C4COC(C)(C)O[C@H]4[C@]2(O)[C@H]1OC(=O)Cc1ccccc1)[C@H]1[C@@H](C[C@H]3C)C1(C)C. The zero-order valence-corrected chi connectivity index (χ0v) is 22.6. The second-order valence-electron chi connectivity index (χ2n) is 13.0. The molecule has 0 radical (unpaired) electrons. The van der Waals surface area contributed by atoms with Crippen molar-refractivity contribution >= 4 is 11.8 Å². The Kier molecular flexibility index (Phi) is 5.32. The van der Waals surface area contributed by atoms with Gasteiger partial charge in [-0.15, -0.1) is 0 Å². The molecule has 4 aliphatic carbocycles. The maximum Gasteiger partial charge on any atom is 0.310 e.